The number of thiazole rings is 1. The van der Waals surface area contributed by atoms with Crippen LogP contribution in [-0.4, -0.2) is 23.3 Å². The van der Waals surface area contributed by atoms with Crippen molar-refractivity contribution in [2.24, 2.45) is 5.73 Å². The summed E-state index contributed by atoms with van der Waals surface area (Å²) in [5, 5.41) is 2.42. The second-order valence-corrected chi connectivity index (χ2v) is 6.82. The summed E-state index contributed by atoms with van der Waals surface area (Å²) in [7, 11) is 0. The Labute approximate surface area is 139 Å². The molecule has 23 heavy (non-hydrogen) atoms. The van der Waals surface area contributed by atoms with Crippen molar-refractivity contribution >= 4 is 28.8 Å². The average Bonchev–Trinajstić information content (AvgIpc) is 3.03. The number of aromatic nitrogens is 1. The Morgan fingerprint density at radius 1 is 1.35 bits per heavy atom. The quantitative estimate of drug-likeness (QED) is 0.940. The van der Waals surface area contributed by atoms with E-state index in [0.29, 0.717) is 23.0 Å². The Morgan fingerprint density at radius 3 is 2.78 bits per heavy atom. The average molecular weight is 329 g/mol. The van der Waals surface area contributed by atoms with E-state index >= 15 is 0 Å². The minimum Gasteiger partial charge on any atom is -0.366 e. The van der Waals surface area contributed by atoms with Gasteiger partial charge in [0.1, 0.15) is 0 Å². The van der Waals surface area contributed by atoms with Crippen LogP contribution in [0.2, 0.25) is 0 Å². The largest absolute Gasteiger partial charge is 0.366 e. The zero-order valence-electron chi connectivity index (χ0n) is 13.2. The highest BCUT2D eigenvalue weighted by Crippen LogP contribution is 2.31. The summed E-state index contributed by atoms with van der Waals surface area (Å²) < 4.78 is 0. The van der Waals surface area contributed by atoms with Crippen LogP contribution < -0.4 is 10.6 Å². The molecule has 0 fully saturated rings. The maximum absolute atomic E-state index is 12.8. The van der Waals surface area contributed by atoms with Crippen LogP contribution in [0.5, 0.6) is 0 Å². The molecule has 2 heterocycles. The minimum atomic E-state index is -0.451. The molecule has 1 aliphatic rings. The molecule has 0 aliphatic carbocycles. The van der Waals surface area contributed by atoms with Crippen LogP contribution in [0, 0.1) is 0 Å². The van der Waals surface area contributed by atoms with Crippen molar-refractivity contribution < 1.29 is 9.59 Å². The number of benzene rings is 1. The van der Waals surface area contributed by atoms with Gasteiger partial charge in [-0.15, -0.1) is 11.3 Å². The predicted molar refractivity (Wildman–Crippen MR) is 91.2 cm³/mol. The van der Waals surface area contributed by atoms with Gasteiger partial charge in [0.25, 0.3) is 5.91 Å². The third-order valence-corrected chi connectivity index (χ3v) is 4.91. The second kappa shape index (κ2) is 6.12. The molecule has 1 aliphatic heterocycles. The van der Waals surface area contributed by atoms with E-state index in [1.165, 1.54) is 11.3 Å². The van der Waals surface area contributed by atoms with Gasteiger partial charge in [-0.25, -0.2) is 4.98 Å². The summed E-state index contributed by atoms with van der Waals surface area (Å²) in [5.41, 5.74) is 8.53. The van der Waals surface area contributed by atoms with Crippen molar-refractivity contribution in [3.8, 4) is 0 Å². The number of nitrogens with two attached hydrogens (primary N) is 1. The Morgan fingerprint density at radius 2 is 2.13 bits per heavy atom. The van der Waals surface area contributed by atoms with Crippen LogP contribution in [0.4, 0.5) is 5.69 Å². The minimum absolute atomic E-state index is 0.107. The van der Waals surface area contributed by atoms with E-state index in [4.69, 9.17) is 5.73 Å². The van der Waals surface area contributed by atoms with Crippen LogP contribution in [0.15, 0.2) is 23.6 Å². The standard InChI is InChI=1S/C17H19N3O2S/c1-10(2)13-9-23-16(19-13)17(22)20-8-4-6-11-12(15(18)21)5-3-7-14(11)20/h3,5,7,9-10H,4,6,8H2,1-2H3,(H2,18,21). The summed E-state index contributed by atoms with van der Waals surface area (Å²) in [6.45, 7) is 4.74. The van der Waals surface area contributed by atoms with Crippen molar-refractivity contribution in [2.75, 3.05) is 11.4 Å². The number of hydrogen-bond donors (Lipinski definition) is 1. The fourth-order valence-electron chi connectivity index (χ4n) is 2.83. The van der Waals surface area contributed by atoms with Gasteiger partial charge in [0.15, 0.2) is 5.01 Å². The number of anilines is 1. The molecule has 120 valence electrons. The zero-order valence-corrected chi connectivity index (χ0v) is 14.0. The monoisotopic (exact) mass is 329 g/mol. The Hall–Kier alpha value is -2.21. The highest BCUT2D eigenvalue weighted by molar-refractivity contribution is 7.11. The number of carbonyl (C=O) groups is 2. The molecule has 2 amide bonds. The molecule has 2 aromatic rings. The Bertz CT molecular complexity index is 767. The van der Waals surface area contributed by atoms with Crippen molar-refractivity contribution in [1.29, 1.82) is 0 Å². The van der Waals surface area contributed by atoms with Crippen molar-refractivity contribution in [1.82, 2.24) is 4.98 Å². The van der Waals surface area contributed by atoms with Gasteiger partial charge in [0.2, 0.25) is 5.91 Å². The van der Waals surface area contributed by atoms with Crippen molar-refractivity contribution in [3.05, 3.63) is 45.4 Å². The van der Waals surface area contributed by atoms with E-state index in [1.807, 2.05) is 11.4 Å². The summed E-state index contributed by atoms with van der Waals surface area (Å²) in [6.07, 6.45) is 1.57. The number of carbonyl (C=O) groups excluding carboxylic acids is 2. The lowest BCUT2D eigenvalue weighted by molar-refractivity contribution is 0.0977. The number of rotatable bonds is 3. The topological polar surface area (TPSA) is 76.3 Å². The molecule has 0 saturated carbocycles. The first-order valence-electron chi connectivity index (χ1n) is 7.68. The van der Waals surface area contributed by atoms with E-state index < -0.39 is 5.91 Å². The first kappa shape index (κ1) is 15.7. The molecule has 0 atom stereocenters. The van der Waals surface area contributed by atoms with E-state index in [0.717, 1.165) is 29.8 Å². The Balaban J connectivity index is 1.98. The van der Waals surface area contributed by atoms with Crippen molar-refractivity contribution in [2.45, 2.75) is 32.6 Å². The van der Waals surface area contributed by atoms with E-state index in [9.17, 15) is 9.59 Å². The molecule has 3 rings (SSSR count). The fourth-order valence-corrected chi connectivity index (χ4v) is 3.76. The van der Waals surface area contributed by atoms with Gasteiger partial charge >= 0.3 is 0 Å². The summed E-state index contributed by atoms with van der Waals surface area (Å²) in [6, 6.07) is 5.36. The summed E-state index contributed by atoms with van der Waals surface area (Å²) >= 11 is 1.37. The van der Waals surface area contributed by atoms with Gasteiger partial charge in [-0.3, -0.25) is 9.59 Å². The molecule has 0 radical (unpaired) electrons. The first-order valence-corrected chi connectivity index (χ1v) is 8.56. The first-order chi connectivity index (χ1) is 11.0. The van der Waals surface area contributed by atoms with Gasteiger partial charge in [0.05, 0.1) is 5.69 Å². The van der Waals surface area contributed by atoms with Crippen LogP contribution in [0.1, 0.15) is 57.6 Å². The van der Waals surface area contributed by atoms with E-state index in [-0.39, 0.29) is 5.91 Å². The number of fused-ring (bicyclic) bond motifs is 1. The molecule has 5 nitrogen and oxygen atoms in total. The molecular formula is C17H19N3O2S. The normalized spacial score (nSPS) is 14.0. The van der Waals surface area contributed by atoms with Gasteiger partial charge in [-0.05, 0) is 36.5 Å². The molecular weight excluding hydrogens is 310 g/mol. The Kier molecular flexibility index (Phi) is 4.17. The lowest BCUT2D eigenvalue weighted by Crippen LogP contribution is -2.36. The fraction of sp³-hybridized carbons (Fsp3) is 0.353. The third kappa shape index (κ3) is 2.86. The SMILES string of the molecule is CC(C)c1csc(C(=O)N2CCCc3c(C(N)=O)cccc32)n1. The van der Waals surface area contributed by atoms with Gasteiger partial charge in [-0.1, -0.05) is 19.9 Å². The van der Waals surface area contributed by atoms with E-state index in [1.54, 1.807) is 17.0 Å². The van der Waals surface area contributed by atoms with E-state index in [2.05, 4.69) is 18.8 Å². The molecule has 2 N–H and O–H groups in total. The molecule has 0 saturated heterocycles. The maximum Gasteiger partial charge on any atom is 0.287 e. The number of hydrogen-bond acceptors (Lipinski definition) is 4. The molecule has 0 bridgehead atoms. The molecule has 0 spiro atoms. The molecule has 1 aromatic carbocycles. The maximum atomic E-state index is 12.8. The summed E-state index contributed by atoms with van der Waals surface area (Å²) in [5.74, 6) is -0.264. The predicted octanol–water partition coefficient (Wildman–Crippen LogP) is 2.96. The van der Waals surface area contributed by atoms with Crippen LogP contribution in [-0.2, 0) is 6.42 Å². The number of amides is 2. The number of primary amides is 1. The highest BCUT2D eigenvalue weighted by atomic mass is 32.1. The molecule has 0 unspecified atom stereocenters. The van der Waals surface area contributed by atoms with Gasteiger partial charge in [0, 0.05) is 23.2 Å². The summed E-state index contributed by atoms with van der Waals surface area (Å²) in [4.78, 5) is 30.6. The zero-order chi connectivity index (χ0) is 16.6. The third-order valence-electron chi connectivity index (χ3n) is 4.06. The van der Waals surface area contributed by atoms with Gasteiger partial charge in [-0.2, -0.15) is 0 Å². The highest BCUT2D eigenvalue weighted by Gasteiger charge is 2.28. The molecule has 1 aromatic heterocycles. The van der Waals surface area contributed by atoms with Crippen LogP contribution in [0.3, 0.4) is 0 Å². The van der Waals surface area contributed by atoms with Crippen molar-refractivity contribution in [3.63, 3.8) is 0 Å². The molecule has 6 heteroatoms. The van der Waals surface area contributed by atoms with Gasteiger partial charge < -0.3 is 10.6 Å². The number of nitrogens with zero attached hydrogens (tertiary/aromatic N) is 2. The van der Waals surface area contributed by atoms with Crippen LogP contribution in [0.25, 0.3) is 0 Å². The lowest BCUT2D eigenvalue weighted by atomic mass is 9.96. The van der Waals surface area contributed by atoms with Crippen LogP contribution >= 0.6 is 11.3 Å². The second-order valence-electron chi connectivity index (χ2n) is 5.96. The smallest absolute Gasteiger partial charge is 0.287 e. The lowest BCUT2D eigenvalue weighted by Gasteiger charge is -2.29.